The van der Waals surface area contributed by atoms with Crippen molar-refractivity contribution in [1.29, 1.82) is 0 Å². The molecule has 0 spiro atoms. The molecule has 0 fully saturated rings. The van der Waals surface area contributed by atoms with Crippen molar-refractivity contribution in [1.82, 2.24) is 0 Å². The normalized spacial score (nSPS) is 16.4. The van der Waals surface area contributed by atoms with E-state index in [1.165, 1.54) is 32.5 Å². The molecule has 112 valence electrons. The Kier molecular flexibility index (Phi) is 8.47. The molecule has 1 aromatic rings. The summed E-state index contributed by atoms with van der Waals surface area (Å²) in [6.07, 6.45) is 5.58. The van der Waals surface area contributed by atoms with Crippen LogP contribution in [0.15, 0.2) is 36.4 Å². The van der Waals surface area contributed by atoms with Crippen LogP contribution in [0.4, 0.5) is 0 Å². The smallest absolute Gasteiger partial charge is 0.0175 e. The summed E-state index contributed by atoms with van der Waals surface area (Å²) in [7, 11) is 1.24. The van der Waals surface area contributed by atoms with E-state index in [-0.39, 0.29) is 21.7 Å². The maximum Gasteiger partial charge on any atom is 0.0175 e. The molecule has 1 unspecified atom stereocenters. The van der Waals surface area contributed by atoms with Crippen molar-refractivity contribution in [2.24, 2.45) is 0 Å². The van der Waals surface area contributed by atoms with E-state index in [1.807, 2.05) is 19.1 Å². The van der Waals surface area contributed by atoms with Gasteiger partial charge in [-0.2, -0.15) is 0 Å². The maximum atomic E-state index is 3.46. The Morgan fingerprint density at radius 2 is 1.67 bits per heavy atom. The molecule has 0 radical (unpaired) electrons. The summed E-state index contributed by atoms with van der Waals surface area (Å²) >= 11 is 0. The maximum absolute atomic E-state index is 3.46. The third-order valence-electron chi connectivity index (χ3n) is 4.47. The van der Waals surface area contributed by atoms with Crippen LogP contribution in [0.1, 0.15) is 54.1 Å². The Morgan fingerprint density at radius 1 is 1.10 bits per heavy atom. The quantitative estimate of drug-likeness (QED) is 0.522. The number of hydrogen-bond acceptors (Lipinski definition) is 0. The fourth-order valence-electron chi connectivity index (χ4n) is 3.03. The molecule has 0 heterocycles. The zero-order valence-electron chi connectivity index (χ0n) is 14.6. The van der Waals surface area contributed by atoms with E-state index < -0.39 is 0 Å². The average Bonchev–Trinajstić information content (AvgIpc) is 2.63. The molecule has 0 aromatic heterocycles. The van der Waals surface area contributed by atoms with Crippen molar-refractivity contribution < 1.29 is 21.7 Å². The number of rotatable bonds is 1. The minimum atomic E-state index is 0. The molecular weight excluding hydrogens is 304 g/mol. The number of benzene rings is 1. The predicted octanol–water partition coefficient (Wildman–Crippen LogP) is 4.57. The van der Waals surface area contributed by atoms with Crippen molar-refractivity contribution in [2.45, 2.75) is 47.1 Å². The van der Waals surface area contributed by atoms with Crippen molar-refractivity contribution in [3.8, 4) is 0 Å². The van der Waals surface area contributed by atoms with E-state index in [0.29, 0.717) is 0 Å². The number of aryl methyl sites for hydroxylation is 2. The third-order valence-corrected chi connectivity index (χ3v) is 5.91. The molecule has 0 bridgehead atoms. The number of fused-ring (bicyclic) bond motifs is 1. The molecule has 0 N–H and O–H groups in total. The van der Waals surface area contributed by atoms with Gasteiger partial charge in [-0.05, 0) is 80.5 Å². The monoisotopic (exact) mass is 332 g/mol. The van der Waals surface area contributed by atoms with Crippen LogP contribution in [-0.2, 0) is 21.7 Å². The molecule has 0 aliphatic heterocycles. The third kappa shape index (κ3) is 4.19. The zero-order valence-corrected chi connectivity index (χ0v) is 18.2. The van der Waals surface area contributed by atoms with Gasteiger partial charge in [-0.25, -0.2) is 0 Å². The number of hydrogen-bond donors (Lipinski definition) is 0. The summed E-state index contributed by atoms with van der Waals surface area (Å²) in [6, 6.07) is 2.34. The van der Waals surface area contributed by atoms with Gasteiger partial charge in [0.2, 0.25) is 0 Å². The van der Waals surface area contributed by atoms with Gasteiger partial charge in [0, 0.05) is 32.0 Å². The summed E-state index contributed by atoms with van der Waals surface area (Å²) in [5, 5.41) is 0. The predicted molar refractivity (Wildman–Crippen MR) is 96.6 cm³/mol. The molecule has 1 aliphatic rings. The first-order valence-corrected chi connectivity index (χ1v) is 8.54. The average molecular weight is 332 g/mol. The van der Waals surface area contributed by atoms with Gasteiger partial charge < -0.3 is 0 Å². The van der Waals surface area contributed by atoms with Gasteiger partial charge in [0.15, 0.2) is 0 Å². The van der Waals surface area contributed by atoms with E-state index in [9.17, 15) is 0 Å². The van der Waals surface area contributed by atoms with E-state index in [1.54, 1.807) is 22.8 Å². The Bertz CT molecular complexity index is 580. The largest absolute Gasteiger partial charge is 0.0991 e. The first kappa shape index (κ1) is 20.4. The molecule has 1 aliphatic carbocycles. The summed E-state index contributed by atoms with van der Waals surface area (Å²) in [5.74, 6) is 0. The van der Waals surface area contributed by atoms with Crippen LogP contribution in [-0.4, -0.2) is 10.2 Å². The van der Waals surface area contributed by atoms with Crippen molar-refractivity contribution in [3.63, 3.8) is 0 Å². The van der Waals surface area contributed by atoms with Gasteiger partial charge >= 0.3 is 0 Å². The topological polar surface area (TPSA) is 0 Å². The van der Waals surface area contributed by atoms with Crippen molar-refractivity contribution in [2.75, 3.05) is 0 Å². The second kappa shape index (κ2) is 8.73. The minimum Gasteiger partial charge on any atom is -0.0991 e. The molecule has 21 heavy (non-hydrogen) atoms. The molecule has 2 heteroatoms. The Balaban J connectivity index is 0.000000583. The van der Waals surface area contributed by atoms with Crippen molar-refractivity contribution in [3.05, 3.63) is 64.3 Å². The van der Waals surface area contributed by atoms with Crippen LogP contribution in [0.3, 0.4) is 0 Å². The molecule has 0 saturated heterocycles. The van der Waals surface area contributed by atoms with E-state index in [4.69, 9.17) is 0 Å². The van der Waals surface area contributed by atoms with Crippen LogP contribution >= 0.6 is 0 Å². The van der Waals surface area contributed by atoms with Gasteiger partial charge in [0.05, 0.1) is 0 Å². The van der Waals surface area contributed by atoms with Gasteiger partial charge in [0.25, 0.3) is 0 Å². The van der Waals surface area contributed by atoms with Crippen LogP contribution in [0.5, 0.6) is 0 Å². The Morgan fingerprint density at radius 3 is 2.10 bits per heavy atom. The minimum absolute atomic E-state index is 0. The standard InChI is InChI=1S/C14H20Si.C5H8.Ti/c1-7-6-8(2)12-10(4)11(5)14(15)13(12)9(7)3;1-3-5-4-2;/h6,14H,1-5,15H3;3-5H,1H2,2H3;. The summed E-state index contributed by atoms with van der Waals surface area (Å²) in [4.78, 5) is 0. The summed E-state index contributed by atoms with van der Waals surface area (Å²) < 4.78 is 0. The molecule has 0 nitrogen and oxygen atoms in total. The van der Waals surface area contributed by atoms with Gasteiger partial charge in [-0.3, -0.25) is 0 Å². The summed E-state index contributed by atoms with van der Waals surface area (Å²) in [6.45, 7) is 16.8. The first-order valence-electron chi connectivity index (χ1n) is 7.38. The molecule has 0 amide bonds. The second-order valence-electron chi connectivity index (χ2n) is 5.72. The fraction of sp³-hybridized carbons (Fsp3) is 0.368. The van der Waals surface area contributed by atoms with E-state index in [0.717, 1.165) is 5.54 Å². The first-order chi connectivity index (χ1) is 9.36. The van der Waals surface area contributed by atoms with Gasteiger partial charge in [0.1, 0.15) is 0 Å². The van der Waals surface area contributed by atoms with Crippen LogP contribution in [0, 0.1) is 20.8 Å². The SMILES string of the molecule is C=CC=CC.CC1=C(C)C([SiH3])c2c(C)c(C)cc(C)c21.[Ti]. The fourth-order valence-corrected chi connectivity index (χ4v) is 4.19. The van der Waals surface area contributed by atoms with Crippen molar-refractivity contribution >= 4 is 15.8 Å². The van der Waals surface area contributed by atoms with Gasteiger partial charge in [-0.1, -0.05) is 36.4 Å². The molecule has 1 atom stereocenters. The van der Waals surface area contributed by atoms with E-state index >= 15 is 0 Å². The number of allylic oxidation sites excluding steroid dienone is 5. The Labute approximate surface area is 148 Å². The molecule has 1 aromatic carbocycles. The zero-order chi connectivity index (χ0) is 15.4. The van der Waals surface area contributed by atoms with Gasteiger partial charge in [-0.15, -0.1) is 0 Å². The molecule has 0 saturated carbocycles. The van der Waals surface area contributed by atoms with Crippen LogP contribution in [0.2, 0.25) is 0 Å². The molecule has 2 rings (SSSR count). The molecular formula is C19H28SiTi. The van der Waals surface area contributed by atoms with E-state index in [2.05, 4.69) is 47.3 Å². The Hall–Kier alpha value is -0.629. The van der Waals surface area contributed by atoms with Crippen LogP contribution < -0.4 is 0 Å². The second-order valence-corrected chi connectivity index (χ2v) is 6.87. The van der Waals surface area contributed by atoms with Crippen LogP contribution in [0.25, 0.3) is 5.57 Å². The summed E-state index contributed by atoms with van der Waals surface area (Å²) in [5.41, 5.74) is 11.5.